The highest BCUT2D eigenvalue weighted by Crippen LogP contribution is 2.15. The first-order valence-corrected chi connectivity index (χ1v) is 5.12. The van der Waals surface area contributed by atoms with Crippen LogP contribution in [0.25, 0.3) is 0 Å². The van der Waals surface area contributed by atoms with Crippen LogP contribution in [0.15, 0.2) is 18.7 Å². The number of aliphatic hydroxyl groups excluding tert-OH is 1. The zero-order valence-electron chi connectivity index (χ0n) is 8.50. The Bertz CT molecular complexity index is 263. The summed E-state index contributed by atoms with van der Waals surface area (Å²) in [5.41, 5.74) is 0. The van der Waals surface area contributed by atoms with Crippen LogP contribution < -0.4 is 0 Å². The molecule has 1 aliphatic heterocycles. The van der Waals surface area contributed by atoms with Crippen molar-refractivity contribution in [3.63, 3.8) is 0 Å². The second kappa shape index (κ2) is 4.11. The molecule has 1 N–H and O–H groups in total. The molecule has 1 aliphatic rings. The van der Waals surface area contributed by atoms with E-state index in [1.807, 2.05) is 12.5 Å². The maximum atomic E-state index is 9.56. The summed E-state index contributed by atoms with van der Waals surface area (Å²) in [4.78, 5) is 6.29. The molecule has 2 atom stereocenters. The van der Waals surface area contributed by atoms with Crippen molar-refractivity contribution in [1.29, 1.82) is 0 Å². The fraction of sp³-hybridized carbons (Fsp3) is 0.700. The number of imidazole rings is 1. The molecule has 1 aromatic heterocycles. The topological polar surface area (TPSA) is 41.3 Å². The van der Waals surface area contributed by atoms with Gasteiger partial charge in [-0.1, -0.05) is 6.92 Å². The van der Waals surface area contributed by atoms with Crippen LogP contribution in [0, 0.1) is 5.92 Å². The quantitative estimate of drug-likeness (QED) is 0.749. The van der Waals surface area contributed by atoms with Crippen LogP contribution in [0.3, 0.4) is 0 Å². The molecule has 4 nitrogen and oxygen atoms in total. The molecule has 4 heteroatoms. The molecule has 0 saturated carbocycles. The van der Waals surface area contributed by atoms with Crippen molar-refractivity contribution in [3.05, 3.63) is 18.7 Å². The summed E-state index contributed by atoms with van der Waals surface area (Å²) in [6.07, 6.45) is 5.45. The summed E-state index contributed by atoms with van der Waals surface area (Å²) in [7, 11) is 0. The molecule has 2 rings (SSSR count). The van der Waals surface area contributed by atoms with Gasteiger partial charge in [0.15, 0.2) is 0 Å². The van der Waals surface area contributed by atoms with Gasteiger partial charge in [-0.25, -0.2) is 4.98 Å². The van der Waals surface area contributed by atoms with E-state index in [0.29, 0.717) is 5.92 Å². The van der Waals surface area contributed by atoms with Crippen LogP contribution in [-0.2, 0) is 6.54 Å². The van der Waals surface area contributed by atoms with Crippen LogP contribution in [0.5, 0.6) is 0 Å². The number of β-amino-alcohol motifs (C(OH)–C–C–N with tert-alkyl or cyclic N) is 1. The molecule has 1 saturated heterocycles. The van der Waals surface area contributed by atoms with Gasteiger partial charge in [0, 0.05) is 38.6 Å². The minimum absolute atomic E-state index is 0.141. The third-order valence-electron chi connectivity index (χ3n) is 2.88. The summed E-state index contributed by atoms with van der Waals surface area (Å²) < 4.78 is 2.06. The molecule has 0 aromatic carbocycles. The van der Waals surface area contributed by atoms with E-state index in [0.717, 1.165) is 26.2 Å². The van der Waals surface area contributed by atoms with Crippen molar-refractivity contribution < 1.29 is 5.11 Å². The number of hydrogen-bond donors (Lipinski definition) is 1. The van der Waals surface area contributed by atoms with Gasteiger partial charge in [-0.05, 0) is 5.92 Å². The number of aromatic nitrogens is 2. The number of likely N-dealkylation sites (tertiary alicyclic amines) is 1. The Labute approximate surface area is 84.2 Å². The van der Waals surface area contributed by atoms with Crippen molar-refractivity contribution in [3.8, 4) is 0 Å². The van der Waals surface area contributed by atoms with Gasteiger partial charge in [0.1, 0.15) is 0 Å². The Morgan fingerprint density at radius 1 is 1.43 bits per heavy atom. The highest BCUT2D eigenvalue weighted by Gasteiger charge is 2.26. The molecule has 0 bridgehead atoms. The molecule has 78 valence electrons. The molecule has 2 unspecified atom stereocenters. The summed E-state index contributed by atoms with van der Waals surface area (Å²) in [6.45, 7) is 5.88. The lowest BCUT2D eigenvalue weighted by atomic mass is 10.1. The Kier molecular flexibility index (Phi) is 2.84. The van der Waals surface area contributed by atoms with Crippen molar-refractivity contribution in [2.75, 3.05) is 19.6 Å². The fourth-order valence-electron chi connectivity index (χ4n) is 1.91. The fourth-order valence-corrected chi connectivity index (χ4v) is 1.91. The Hall–Kier alpha value is -0.870. The van der Waals surface area contributed by atoms with E-state index < -0.39 is 0 Å². The lowest BCUT2D eigenvalue weighted by Crippen LogP contribution is -2.25. The van der Waals surface area contributed by atoms with E-state index >= 15 is 0 Å². The van der Waals surface area contributed by atoms with E-state index in [4.69, 9.17) is 0 Å². The van der Waals surface area contributed by atoms with E-state index in [1.54, 1.807) is 6.20 Å². The van der Waals surface area contributed by atoms with E-state index in [1.165, 1.54) is 0 Å². The van der Waals surface area contributed by atoms with Gasteiger partial charge in [0.05, 0.1) is 12.4 Å². The average Bonchev–Trinajstić information content (AvgIpc) is 2.74. The third kappa shape index (κ3) is 2.13. The summed E-state index contributed by atoms with van der Waals surface area (Å²) in [5.74, 6) is 0.415. The third-order valence-corrected chi connectivity index (χ3v) is 2.88. The molecule has 0 aliphatic carbocycles. The summed E-state index contributed by atoms with van der Waals surface area (Å²) in [5, 5.41) is 9.56. The highest BCUT2D eigenvalue weighted by molar-refractivity contribution is 4.81. The minimum Gasteiger partial charge on any atom is -0.391 e. The monoisotopic (exact) mass is 195 g/mol. The van der Waals surface area contributed by atoms with Gasteiger partial charge >= 0.3 is 0 Å². The molecular weight excluding hydrogens is 178 g/mol. The largest absolute Gasteiger partial charge is 0.391 e. The molecular formula is C10H17N3O. The second-order valence-corrected chi connectivity index (χ2v) is 4.10. The first-order chi connectivity index (χ1) is 6.75. The van der Waals surface area contributed by atoms with Gasteiger partial charge < -0.3 is 9.67 Å². The Balaban J connectivity index is 1.77. The molecule has 1 aromatic rings. The molecule has 0 radical (unpaired) electrons. The summed E-state index contributed by atoms with van der Waals surface area (Å²) in [6, 6.07) is 0. The summed E-state index contributed by atoms with van der Waals surface area (Å²) >= 11 is 0. The minimum atomic E-state index is -0.141. The molecule has 1 fully saturated rings. The van der Waals surface area contributed by atoms with Crippen LogP contribution in [0.4, 0.5) is 0 Å². The standard InChI is InChI=1S/C10H17N3O/c1-9-6-13(7-10(9)14)5-4-12-3-2-11-8-12/h2-3,8-10,14H,4-7H2,1H3. The van der Waals surface area contributed by atoms with Gasteiger partial charge in [-0.3, -0.25) is 4.90 Å². The lowest BCUT2D eigenvalue weighted by Gasteiger charge is -2.14. The average molecular weight is 195 g/mol. The first-order valence-electron chi connectivity index (χ1n) is 5.12. The van der Waals surface area contributed by atoms with Gasteiger partial charge in [0.2, 0.25) is 0 Å². The van der Waals surface area contributed by atoms with Crippen LogP contribution in [0.1, 0.15) is 6.92 Å². The van der Waals surface area contributed by atoms with E-state index in [9.17, 15) is 5.11 Å². The molecule has 0 amide bonds. The number of hydrogen-bond acceptors (Lipinski definition) is 3. The molecule has 14 heavy (non-hydrogen) atoms. The van der Waals surface area contributed by atoms with Crippen molar-refractivity contribution in [2.24, 2.45) is 5.92 Å². The van der Waals surface area contributed by atoms with Crippen LogP contribution in [-0.4, -0.2) is 45.3 Å². The predicted molar refractivity (Wildman–Crippen MR) is 53.8 cm³/mol. The first kappa shape index (κ1) is 9.68. The maximum absolute atomic E-state index is 9.56. The van der Waals surface area contributed by atoms with Gasteiger partial charge in [-0.15, -0.1) is 0 Å². The zero-order chi connectivity index (χ0) is 9.97. The molecule has 0 spiro atoms. The zero-order valence-corrected chi connectivity index (χ0v) is 8.50. The predicted octanol–water partition coefficient (Wildman–Crippen LogP) is 0.196. The van der Waals surface area contributed by atoms with E-state index in [2.05, 4.69) is 21.4 Å². The number of rotatable bonds is 3. The van der Waals surface area contributed by atoms with Gasteiger partial charge in [-0.2, -0.15) is 0 Å². The smallest absolute Gasteiger partial charge is 0.0946 e. The van der Waals surface area contributed by atoms with Gasteiger partial charge in [0.25, 0.3) is 0 Å². The Morgan fingerprint density at radius 3 is 2.86 bits per heavy atom. The van der Waals surface area contributed by atoms with E-state index in [-0.39, 0.29) is 6.10 Å². The normalized spacial score (nSPS) is 28.4. The van der Waals surface area contributed by atoms with Crippen LogP contribution >= 0.6 is 0 Å². The maximum Gasteiger partial charge on any atom is 0.0946 e. The number of nitrogens with zero attached hydrogens (tertiary/aromatic N) is 3. The second-order valence-electron chi connectivity index (χ2n) is 4.10. The van der Waals surface area contributed by atoms with Crippen molar-refractivity contribution >= 4 is 0 Å². The SMILES string of the molecule is CC1CN(CCn2ccnc2)CC1O. The lowest BCUT2D eigenvalue weighted by molar-refractivity contribution is 0.148. The van der Waals surface area contributed by atoms with Crippen LogP contribution in [0.2, 0.25) is 0 Å². The number of aliphatic hydroxyl groups is 1. The van der Waals surface area contributed by atoms with Crippen molar-refractivity contribution in [2.45, 2.75) is 19.6 Å². The Morgan fingerprint density at radius 2 is 2.29 bits per heavy atom. The highest BCUT2D eigenvalue weighted by atomic mass is 16.3. The molecule has 2 heterocycles. The van der Waals surface area contributed by atoms with Crippen molar-refractivity contribution in [1.82, 2.24) is 14.5 Å².